The molecule has 0 bridgehead atoms. The normalized spacial score (nSPS) is 13.5. The van der Waals surface area contributed by atoms with Crippen molar-refractivity contribution in [2.45, 2.75) is 156 Å². The Morgan fingerprint density at radius 3 is 1.55 bits per heavy atom. The lowest BCUT2D eigenvalue weighted by atomic mass is 10.00. The molecule has 0 aliphatic heterocycles. The molecule has 0 aromatic carbocycles. The van der Waals surface area contributed by atoms with Crippen LogP contribution in [0.5, 0.6) is 0 Å². The molecule has 0 aliphatic carbocycles. The summed E-state index contributed by atoms with van der Waals surface area (Å²) in [4.78, 5) is 0. The molecule has 2 atom stereocenters. The maximum absolute atomic E-state index is 7.27. The van der Waals surface area contributed by atoms with Crippen molar-refractivity contribution in [2.24, 2.45) is 5.92 Å². The Morgan fingerprint density at radius 1 is 0.742 bits per heavy atom. The van der Waals surface area contributed by atoms with Crippen LogP contribution in [0.3, 0.4) is 0 Å². The van der Waals surface area contributed by atoms with Crippen molar-refractivity contribution in [3.05, 3.63) is 12.2 Å². The van der Waals surface area contributed by atoms with Crippen molar-refractivity contribution in [1.29, 1.82) is 0 Å². The molecule has 0 fully saturated rings. The van der Waals surface area contributed by atoms with Gasteiger partial charge < -0.3 is 4.43 Å². The van der Waals surface area contributed by atoms with Crippen molar-refractivity contribution < 1.29 is 4.43 Å². The van der Waals surface area contributed by atoms with E-state index in [-0.39, 0.29) is 6.10 Å². The Kier molecular flexibility index (Phi) is 19.8. The first kappa shape index (κ1) is 30.5. The van der Waals surface area contributed by atoms with E-state index in [0.29, 0.717) is 5.92 Å². The van der Waals surface area contributed by atoms with E-state index in [0.717, 1.165) is 5.57 Å². The van der Waals surface area contributed by atoms with E-state index in [1.165, 1.54) is 108 Å². The Balaban J connectivity index is 5.62. The number of hydrogen-bond acceptors (Lipinski definition) is 1. The highest BCUT2D eigenvalue weighted by Gasteiger charge is 2.37. The van der Waals surface area contributed by atoms with E-state index in [9.17, 15) is 0 Å². The van der Waals surface area contributed by atoms with Crippen molar-refractivity contribution in [3.63, 3.8) is 0 Å². The minimum absolute atomic E-state index is 0.0897. The smallest absolute Gasteiger partial charge is 0.194 e. The van der Waals surface area contributed by atoms with Gasteiger partial charge in [-0.2, -0.15) is 0 Å². The zero-order valence-corrected chi connectivity index (χ0v) is 23.3. The molecule has 0 radical (unpaired) electrons. The first-order valence-corrected chi connectivity index (χ1v) is 16.3. The summed E-state index contributed by atoms with van der Waals surface area (Å²) in [6.07, 6.45) is 18.7. The summed E-state index contributed by atoms with van der Waals surface area (Å²) in [5.74, 6) is 7.32. The second-order valence-electron chi connectivity index (χ2n) is 9.97. The first-order valence-electron chi connectivity index (χ1n) is 13.8. The van der Waals surface area contributed by atoms with Crippen LogP contribution in [0.25, 0.3) is 0 Å². The van der Waals surface area contributed by atoms with Gasteiger partial charge in [0.2, 0.25) is 0 Å². The summed E-state index contributed by atoms with van der Waals surface area (Å²) in [5.41, 5.74) is 0.957. The molecule has 1 nitrogen and oxygen atoms in total. The molecule has 0 saturated heterocycles. The molecule has 0 N–H and O–H groups in total. The summed E-state index contributed by atoms with van der Waals surface area (Å²) in [6, 6.07) is 4.03. The van der Waals surface area contributed by atoms with Crippen LogP contribution in [0.1, 0.15) is 131 Å². The van der Waals surface area contributed by atoms with E-state index in [4.69, 9.17) is 4.43 Å². The third-order valence-corrected chi connectivity index (χ3v) is 11.1. The topological polar surface area (TPSA) is 9.23 Å². The maximum Gasteiger partial charge on any atom is 0.194 e. The quantitative estimate of drug-likeness (QED) is 0.102. The minimum Gasteiger partial charge on any atom is -0.403 e. The van der Waals surface area contributed by atoms with Crippen molar-refractivity contribution in [3.8, 4) is 11.8 Å². The molecule has 0 heterocycles. The predicted molar refractivity (Wildman–Crippen MR) is 144 cm³/mol. The van der Waals surface area contributed by atoms with Gasteiger partial charge in [-0.25, -0.2) is 0 Å². The fourth-order valence-electron chi connectivity index (χ4n) is 4.53. The molecule has 182 valence electrons. The summed E-state index contributed by atoms with van der Waals surface area (Å²) in [5, 5.41) is 0. The molecule has 0 aliphatic rings. The maximum atomic E-state index is 7.27. The number of hydrogen-bond donors (Lipinski definition) is 0. The predicted octanol–water partition coefficient (Wildman–Crippen LogP) is 10.1. The van der Waals surface area contributed by atoms with Crippen LogP contribution in [0.15, 0.2) is 12.2 Å². The van der Waals surface area contributed by atoms with Crippen LogP contribution in [0.2, 0.25) is 18.1 Å². The average Bonchev–Trinajstić information content (AvgIpc) is 2.74. The highest BCUT2D eigenvalue weighted by atomic mass is 28.4. The molecule has 0 saturated carbocycles. The van der Waals surface area contributed by atoms with Crippen LogP contribution in [0.4, 0.5) is 0 Å². The van der Waals surface area contributed by atoms with Crippen LogP contribution in [-0.4, -0.2) is 14.4 Å². The van der Waals surface area contributed by atoms with E-state index >= 15 is 0 Å². The van der Waals surface area contributed by atoms with E-state index in [2.05, 4.69) is 53.0 Å². The van der Waals surface area contributed by atoms with Gasteiger partial charge in [-0.3, -0.25) is 0 Å². The summed E-state index contributed by atoms with van der Waals surface area (Å²) >= 11 is 0. The molecule has 0 rings (SSSR count). The molecular weight excluding hydrogens is 392 g/mol. The van der Waals surface area contributed by atoms with Gasteiger partial charge in [-0.05, 0) is 43.0 Å². The van der Waals surface area contributed by atoms with Gasteiger partial charge in [-0.1, -0.05) is 137 Å². The van der Waals surface area contributed by atoms with Gasteiger partial charge in [0.05, 0.1) is 0 Å². The van der Waals surface area contributed by atoms with Gasteiger partial charge >= 0.3 is 0 Å². The second kappa shape index (κ2) is 20.1. The van der Waals surface area contributed by atoms with Gasteiger partial charge in [0.1, 0.15) is 6.10 Å². The highest BCUT2D eigenvalue weighted by molar-refractivity contribution is 6.73. The van der Waals surface area contributed by atoms with Gasteiger partial charge in [0.15, 0.2) is 8.32 Å². The fraction of sp³-hybridized carbons (Fsp3) is 0.862. The lowest BCUT2D eigenvalue weighted by molar-refractivity contribution is 0.173. The molecule has 0 aromatic rings. The average molecular weight is 449 g/mol. The molecule has 2 unspecified atom stereocenters. The molecule has 0 aromatic heterocycles. The van der Waals surface area contributed by atoms with Crippen molar-refractivity contribution in [2.75, 3.05) is 0 Å². The van der Waals surface area contributed by atoms with E-state index in [1.807, 2.05) is 6.92 Å². The first-order chi connectivity index (χ1) is 14.9. The Bertz CT molecular complexity index is 455. The van der Waals surface area contributed by atoms with E-state index < -0.39 is 8.32 Å². The zero-order chi connectivity index (χ0) is 23.4. The van der Waals surface area contributed by atoms with Crippen LogP contribution >= 0.6 is 0 Å². The van der Waals surface area contributed by atoms with E-state index in [1.54, 1.807) is 0 Å². The largest absolute Gasteiger partial charge is 0.403 e. The molecule has 2 heteroatoms. The van der Waals surface area contributed by atoms with Crippen molar-refractivity contribution in [1.82, 2.24) is 0 Å². The highest BCUT2D eigenvalue weighted by Crippen LogP contribution is 2.33. The van der Waals surface area contributed by atoms with Gasteiger partial charge in [-0.15, -0.1) is 0 Å². The third kappa shape index (κ3) is 15.8. The van der Waals surface area contributed by atoms with Crippen molar-refractivity contribution >= 4 is 8.32 Å². The van der Waals surface area contributed by atoms with Crippen LogP contribution < -0.4 is 0 Å². The second-order valence-corrected chi connectivity index (χ2v) is 14.1. The van der Waals surface area contributed by atoms with Gasteiger partial charge in [0, 0.05) is 0 Å². The lowest BCUT2D eigenvalue weighted by Crippen LogP contribution is -2.43. The standard InChI is InChI=1S/C29H56OSi/c1-8-12-15-18-24-31(25-19-16-13-9-2,26-20-17-14-10-3)30-29(23-22-27(5)6)28(7)21-11-4/h28-29H,5,8-21,24-26H2,1-4,6-7H3. The monoisotopic (exact) mass is 448 g/mol. The fourth-order valence-corrected chi connectivity index (χ4v) is 9.15. The van der Waals surface area contributed by atoms with Crippen LogP contribution in [-0.2, 0) is 4.43 Å². The Labute approximate surface area is 198 Å². The SMILES string of the molecule is C=C(C)C#CC(O[Si](CCCCCC)(CCCCCC)CCCCCC)C(C)CCC. The number of rotatable bonds is 20. The number of unbranched alkanes of at least 4 members (excludes halogenated alkanes) is 9. The molecular formula is C29H56OSi. The Morgan fingerprint density at radius 2 is 1.19 bits per heavy atom. The number of allylic oxidation sites excluding steroid dienone is 1. The molecule has 0 spiro atoms. The summed E-state index contributed by atoms with van der Waals surface area (Å²) in [7, 11) is -1.80. The molecule has 0 amide bonds. The lowest BCUT2D eigenvalue weighted by Gasteiger charge is -2.36. The molecule has 31 heavy (non-hydrogen) atoms. The third-order valence-electron chi connectivity index (χ3n) is 6.52. The van der Waals surface area contributed by atoms with Crippen LogP contribution in [0, 0.1) is 17.8 Å². The Hall–Kier alpha value is -0.523. The zero-order valence-electron chi connectivity index (χ0n) is 22.3. The minimum atomic E-state index is -1.80. The van der Waals surface area contributed by atoms with Gasteiger partial charge in [0.25, 0.3) is 0 Å². The summed E-state index contributed by atoms with van der Waals surface area (Å²) in [6.45, 7) is 17.6. The summed E-state index contributed by atoms with van der Waals surface area (Å²) < 4.78 is 7.27.